The number of carbonyl (C=O) groups is 1. The minimum atomic E-state index is -0.930. The number of methoxy groups -OCH3 is 1. The van der Waals surface area contributed by atoms with Gasteiger partial charge in [0.2, 0.25) is 0 Å². The van der Waals surface area contributed by atoms with E-state index >= 15 is 0 Å². The summed E-state index contributed by atoms with van der Waals surface area (Å²) in [7, 11) is 1.32. The number of halogens is 2. The van der Waals surface area contributed by atoms with Gasteiger partial charge in [-0.05, 0) is 24.1 Å². The van der Waals surface area contributed by atoms with Crippen molar-refractivity contribution < 1.29 is 19.0 Å². The second-order valence-electron chi connectivity index (χ2n) is 3.56. The highest BCUT2D eigenvalue weighted by Gasteiger charge is 2.15. The Hall–Kier alpha value is -1.33. The van der Waals surface area contributed by atoms with Crippen LogP contribution >= 0.6 is 11.6 Å². The number of carboxylic acids is 1. The van der Waals surface area contributed by atoms with Crippen LogP contribution in [0.2, 0.25) is 5.02 Å². The Morgan fingerprint density at radius 3 is 2.82 bits per heavy atom. The molecule has 17 heavy (non-hydrogen) atoms. The number of hydrogen-bond acceptors (Lipinski definition) is 3. The van der Waals surface area contributed by atoms with Crippen LogP contribution in [0.3, 0.4) is 0 Å². The molecule has 1 aromatic carbocycles. The van der Waals surface area contributed by atoms with Crippen molar-refractivity contribution in [3.63, 3.8) is 0 Å². The van der Waals surface area contributed by atoms with Crippen molar-refractivity contribution in [2.45, 2.75) is 18.9 Å². The number of aliphatic carboxylic acids is 1. The summed E-state index contributed by atoms with van der Waals surface area (Å²) >= 11 is 5.68. The maximum absolute atomic E-state index is 13.4. The molecule has 0 bridgehead atoms. The minimum absolute atomic E-state index is 0.00160. The van der Waals surface area contributed by atoms with Crippen LogP contribution in [0, 0.1) is 5.82 Å². The van der Waals surface area contributed by atoms with E-state index in [1.165, 1.54) is 19.2 Å². The first-order valence-electron chi connectivity index (χ1n) is 4.96. The van der Waals surface area contributed by atoms with E-state index in [0.717, 1.165) is 0 Å². The third-order valence-corrected chi connectivity index (χ3v) is 2.61. The lowest BCUT2D eigenvalue weighted by Crippen LogP contribution is -2.12. The Balaban J connectivity index is 2.90. The molecule has 1 atom stereocenters. The molecular formula is C11H13ClFNO3. The molecular weight excluding hydrogens is 249 g/mol. The number of rotatable bonds is 5. The number of hydrogen-bond donors (Lipinski definition) is 2. The van der Waals surface area contributed by atoms with Crippen molar-refractivity contribution in [2.75, 3.05) is 7.11 Å². The summed E-state index contributed by atoms with van der Waals surface area (Å²) in [6, 6.07) is 2.29. The molecule has 4 nitrogen and oxygen atoms in total. The molecule has 6 heteroatoms. The Morgan fingerprint density at radius 2 is 2.29 bits per heavy atom. The molecule has 0 aliphatic rings. The molecule has 0 saturated heterocycles. The normalized spacial score (nSPS) is 12.2. The highest BCUT2D eigenvalue weighted by atomic mass is 35.5. The average Bonchev–Trinajstić information content (AvgIpc) is 2.29. The van der Waals surface area contributed by atoms with Crippen LogP contribution in [0.25, 0.3) is 0 Å². The van der Waals surface area contributed by atoms with Gasteiger partial charge in [0, 0.05) is 12.5 Å². The van der Waals surface area contributed by atoms with E-state index < -0.39 is 17.8 Å². The highest BCUT2D eigenvalue weighted by Crippen LogP contribution is 2.29. The topological polar surface area (TPSA) is 72.5 Å². The molecule has 0 spiro atoms. The van der Waals surface area contributed by atoms with Gasteiger partial charge in [0.1, 0.15) is 0 Å². The zero-order valence-electron chi connectivity index (χ0n) is 9.24. The average molecular weight is 262 g/mol. The van der Waals surface area contributed by atoms with E-state index in [1.807, 2.05) is 0 Å². The lowest BCUT2D eigenvalue weighted by molar-refractivity contribution is -0.137. The maximum Gasteiger partial charge on any atom is 0.303 e. The first-order chi connectivity index (χ1) is 7.95. The van der Waals surface area contributed by atoms with Crippen molar-refractivity contribution >= 4 is 17.6 Å². The molecule has 0 fully saturated rings. The molecule has 1 aromatic rings. The molecule has 1 unspecified atom stereocenters. The van der Waals surface area contributed by atoms with Crippen molar-refractivity contribution in [3.05, 3.63) is 28.5 Å². The number of benzene rings is 1. The molecule has 0 heterocycles. The second kappa shape index (κ2) is 5.84. The number of ether oxygens (including phenoxy) is 1. The van der Waals surface area contributed by atoms with E-state index in [4.69, 9.17) is 27.2 Å². The molecule has 0 radical (unpaired) electrons. The summed E-state index contributed by atoms with van der Waals surface area (Å²) in [6.07, 6.45) is 0.193. The van der Waals surface area contributed by atoms with E-state index in [2.05, 4.69) is 0 Å². The van der Waals surface area contributed by atoms with Crippen LogP contribution in [0.1, 0.15) is 24.4 Å². The zero-order valence-corrected chi connectivity index (χ0v) is 10.00. The second-order valence-corrected chi connectivity index (χ2v) is 3.97. The fourth-order valence-corrected chi connectivity index (χ4v) is 1.61. The lowest BCUT2D eigenvalue weighted by atomic mass is 10.0. The largest absolute Gasteiger partial charge is 0.494 e. The monoisotopic (exact) mass is 261 g/mol. The summed E-state index contributed by atoms with van der Waals surface area (Å²) in [5.74, 6) is -1.58. The summed E-state index contributed by atoms with van der Waals surface area (Å²) < 4.78 is 18.2. The van der Waals surface area contributed by atoms with Crippen LogP contribution in [0.5, 0.6) is 5.75 Å². The zero-order chi connectivity index (χ0) is 13.0. The van der Waals surface area contributed by atoms with E-state index in [9.17, 15) is 9.18 Å². The highest BCUT2D eigenvalue weighted by molar-refractivity contribution is 6.31. The Kier molecular flexibility index (Phi) is 4.72. The molecule has 0 aliphatic carbocycles. The maximum atomic E-state index is 13.4. The first kappa shape index (κ1) is 13.7. The van der Waals surface area contributed by atoms with Gasteiger partial charge in [0.25, 0.3) is 0 Å². The molecule has 0 aromatic heterocycles. The first-order valence-corrected chi connectivity index (χ1v) is 5.33. The summed E-state index contributed by atoms with van der Waals surface area (Å²) in [6.45, 7) is 0. The fourth-order valence-electron chi connectivity index (χ4n) is 1.39. The fraction of sp³-hybridized carbons (Fsp3) is 0.364. The Labute approximate surface area is 103 Å². The van der Waals surface area contributed by atoms with Crippen molar-refractivity contribution in [1.82, 2.24) is 0 Å². The predicted octanol–water partition coefficient (Wildman–Crippen LogP) is 2.35. The van der Waals surface area contributed by atoms with Crippen molar-refractivity contribution in [2.24, 2.45) is 5.73 Å². The van der Waals surface area contributed by atoms with Crippen molar-refractivity contribution in [3.8, 4) is 5.75 Å². The van der Waals surface area contributed by atoms with Crippen LogP contribution in [0.15, 0.2) is 12.1 Å². The summed E-state index contributed by atoms with van der Waals surface area (Å²) in [4.78, 5) is 10.4. The molecule has 94 valence electrons. The van der Waals surface area contributed by atoms with Crippen LogP contribution in [-0.2, 0) is 4.79 Å². The summed E-state index contributed by atoms with van der Waals surface area (Å²) in [5.41, 5.74) is 6.34. The van der Waals surface area contributed by atoms with E-state index in [1.54, 1.807) is 0 Å². The van der Waals surface area contributed by atoms with Gasteiger partial charge >= 0.3 is 5.97 Å². The van der Waals surface area contributed by atoms with Crippen LogP contribution in [0.4, 0.5) is 4.39 Å². The van der Waals surface area contributed by atoms with Gasteiger partial charge < -0.3 is 15.6 Å². The molecule has 3 N–H and O–H groups in total. The SMILES string of the molecule is COc1cc(C(N)CCC(=O)O)cc(Cl)c1F. The van der Waals surface area contributed by atoms with Crippen LogP contribution < -0.4 is 10.5 Å². The third kappa shape index (κ3) is 3.57. The quantitative estimate of drug-likeness (QED) is 0.853. The molecule has 0 saturated carbocycles. The molecule has 1 rings (SSSR count). The van der Waals surface area contributed by atoms with Gasteiger partial charge in [-0.25, -0.2) is 4.39 Å². The van der Waals surface area contributed by atoms with E-state index in [0.29, 0.717) is 5.56 Å². The standard InChI is InChI=1S/C11H13ClFNO3/c1-17-9-5-6(4-7(12)11(9)13)8(14)2-3-10(15)16/h4-5,8H,2-3,14H2,1H3,(H,15,16). The minimum Gasteiger partial charge on any atom is -0.494 e. The smallest absolute Gasteiger partial charge is 0.303 e. The van der Waals surface area contributed by atoms with Gasteiger partial charge in [0.05, 0.1) is 12.1 Å². The lowest BCUT2D eigenvalue weighted by Gasteiger charge is -2.13. The number of carboxylic acid groups (broad SMARTS) is 1. The van der Waals surface area contributed by atoms with Gasteiger partial charge in [0.15, 0.2) is 11.6 Å². The number of nitrogens with two attached hydrogens (primary N) is 1. The van der Waals surface area contributed by atoms with Gasteiger partial charge in [-0.1, -0.05) is 11.6 Å². The third-order valence-electron chi connectivity index (χ3n) is 2.33. The Morgan fingerprint density at radius 1 is 1.65 bits per heavy atom. The van der Waals surface area contributed by atoms with E-state index in [-0.39, 0.29) is 23.6 Å². The predicted molar refractivity (Wildman–Crippen MR) is 61.8 cm³/mol. The van der Waals surface area contributed by atoms with Crippen molar-refractivity contribution in [1.29, 1.82) is 0 Å². The summed E-state index contributed by atoms with van der Waals surface area (Å²) in [5, 5.41) is 8.45. The van der Waals surface area contributed by atoms with Gasteiger partial charge in [-0.2, -0.15) is 0 Å². The van der Waals surface area contributed by atoms with Crippen LogP contribution in [-0.4, -0.2) is 18.2 Å². The Bertz CT molecular complexity index is 425. The van der Waals surface area contributed by atoms with Gasteiger partial charge in [-0.15, -0.1) is 0 Å². The van der Waals surface area contributed by atoms with Gasteiger partial charge in [-0.3, -0.25) is 4.79 Å². The molecule has 0 amide bonds. The molecule has 0 aliphatic heterocycles.